The molecule has 0 saturated carbocycles. The minimum Gasteiger partial charge on any atom is -0.478 e. The molecular formula is C21H22N2O3. The Labute approximate surface area is 153 Å². The van der Waals surface area contributed by atoms with Gasteiger partial charge in [-0.25, -0.2) is 4.79 Å². The Hall–Kier alpha value is -3.13. The summed E-state index contributed by atoms with van der Waals surface area (Å²) in [5.74, 6) is -1.43. The Kier molecular flexibility index (Phi) is 6.13. The summed E-state index contributed by atoms with van der Waals surface area (Å²) in [5.41, 5.74) is 2.34. The predicted molar refractivity (Wildman–Crippen MR) is 99.4 cm³/mol. The topological polar surface area (TPSA) is 81.4 Å². The second kappa shape index (κ2) is 8.30. The number of rotatable bonds is 6. The van der Waals surface area contributed by atoms with Crippen LogP contribution in [0.15, 0.2) is 48.5 Å². The van der Waals surface area contributed by atoms with Crippen LogP contribution in [0.3, 0.4) is 0 Å². The van der Waals surface area contributed by atoms with E-state index in [1.54, 1.807) is 24.3 Å². The van der Waals surface area contributed by atoms with E-state index in [9.17, 15) is 14.7 Å². The van der Waals surface area contributed by atoms with Gasteiger partial charge in [0.25, 0.3) is 0 Å². The van der Waals surface area contributed by atoms with E-state index in [1.165, 1.54) is 7.05 Å². The molecule has 134 valence electrons. The number of carbonyl (C=O) groups excluding carboxylic acids is 1. The second-order valence-corrected chi connectivity index (χ2v) is 6.66. The summed E-state index contributed by atoms with van der Waals surface area (Å²) in [6, 6.07) is 14.1. The fraction of sp³-hybridized carbons (Fsp3) is 0.286. The first-order valence-electron chi connectivity index (χ1n) is 8.45. The highest BCUT2D eigenvalue weighted by Crippen LogP contribution is 2.31. The van der Waals surface area contributed by atoms with E-state index < -0.39 is 11.9 Å². The molecule has 0 bridgehead atoms. The summed E-state index contributed by atoms with van der Waals surface area (Å²) >= 11 is 0. The Balaban J connectivity index is 2.51. The number of hydrogen-bond acceptors (Lipinski definition) is 3. The monoisotopic (exact) mass is 350 g/mol. The number of benzene rings is 2. The number of hydrogen-bond donors (Lipinski definition) is 1. The number of nitriles is 1. The second-order valence-electron chi connectivity index (χ2n) is 6.66. The van der Waals surface area contributed by atoms with E-state index in [-0.39, 0.29) is 17.4 Å². The maximum Gasteiger partial charge on any atom is 0.336 e. The number of carboxylic acid groups (broad SMARTS) is 1. The molecule has 1 N–H and O–H groups in total. The molecule has 0 saturated heterocycles. The average Bonchev–Trinajstić information content (AvgIpc) is 2.64. The average molecular weight is 350 g/mol. The van der Waals surface area contributed by atoms with Crippen LogP contribution in [0.4, 0.5) is 0 Å². The maximum atomic E-state index is 12.6. The molecule has 1 unspecified atom stereocenters. The van der Waals surface area contributed by atoms with E-state index in [0.717, 1.165) is 16.0 Å². The van der Waals surface area contributed by atoms with E-state index in [4.69, 9.17) is 5.26 Å². The quantitative estimate of drug-likeness (QED) is 0.627. The third kappa shape index (κ3) is 4.28. The third-order valence-electron chi connectivity index (χ3n) is 4.24. The van der Waals surface area contributed by atoms with Gasteiger partial charge in [-0.05, 0) is 35.1 Å². The molecular weight excluding hydrogens is 328 g/mol. The Morgan fingerprint density at radius 1 is 1.15 bits per heavy atom. The normalized spacial score (nSPS) is 11.7. The molecule has 1 atom stereocenters. The standard InChI is InChI=1S/C21H22N2O3/c1-14(2)11-19(20(24)23(3)13-22)16-8-6-7-15(12-16)17-9-4-5-10-18(17)21(25)26/h4-10,12,14,19H,11H2,1-3H3,(H,25,26). The van der Waals surface area contributed by atoms with Crippen molar-refractivity contribution in [3.8, 4) is 17.3 Å². The largest absolute Gasteiger partial charge is 0.478 e. The molecule has 0 aliphatic heterocycles. The van der Waals surface area contributed by atoms with Crippen molar-refractivity contribution in [3.05, 3.63) is 59.7 Å². The molecule has 26 heavy (non-hydrogen) atoms. The zero-order valence-electron chi connectivity index (χ0n) is 15.1. The lowest BCUT2D eigenvalue weighted by molar-refractivity contribution is -0.129. The number of nitrogens with zero attached hydrogens (tertiary/aromatic N) is 2. The van der Waals surface area contributed by atoms with Crippen molar-refractivity contribution < 1.29 is 14.7 Å². The molecule has 5 heteroatoms. The van der Waals surface area contributed by atoms with Crippen molar-refractivity contribution in [2.24, 2.45) is 5.92 Å². The summed E-state index contributed by atoms with van der Waals surface area (Å²) in [6.07, 6.45) is 2.47. The molecule has 0 aliphatic carbocycles. The van der Waals surface area contributed by atoms with Crippen LogP contribution in [0.1, 0.15) is 42.1 Å². The van der Waals surface area contributed by atoms with Crippen molar-refractivity contribution in [1.29, 1.82) is 5.26 Å². The number of amides is 1. The molecule has 0 heterocycles. The van der Waals surface area contributed by atoms with Crippen molar-refractivity contribution in [1.82, 2.24) is 4.90 Å². The van der Waals surface area contributed by atoms with Crippen LogP contribution >= 0.6 is 0 Å². The minimum atomic E-state index is -0.995. The molecule has 2 aromatic carbocycles. The molecule has 1 amide bonds. The van der Waals surface area contributed by atoms with Crippen LogP contribution in [0, 0.1) is 17.4 Å². The lowest BCUT2D eigenvalue weighted by atomic mass is 9.87. The van der Waals surface area contributed by atoms with E-state index in [2.05, 4.69) is 0 Å². The van der Waals surface area contributed by atoms with Gasteiger partial charge in [-0.1, -0.05) is 56.3 Å². The summed E-state index contributed by atoms with van der Waals surface area (Å²) in [5, 5.41) is 18.5. The smallest absolute Gasteiger partial charge is 0.336 e. The predicted octanol–water partition coefficient (Wildman–Crippen LogP) is 4.12. The summed E-state index contributed by atoms with van der Waals surface area (Å²) < 4.78 is 0. The van der Waals surface area contributed by atoms with Gasteiger partial charge < -0.3 is 5.11 Å². The van der Waals surface area contributed by atoms with E-state index >= 15 is 0 Å². The SMILES string of the molecule is CC(C)CC(C(=O)N(C)C#N)c1cccc(-c2ccccc2C(=O)O)c1. The van der Waals surface area contributed by atoms with Gasteiger partial charge in [0, 0.05) is 7.05 Å². The van der Waals surface area contributed by atoms with Crippen LogP contribution in [0.2, 0.25) is 0 Å². The lowest BCUT2D eigenvalue weighted by Crippen LogP contribution is -2.28. The highest BCUT2D eigenvalue weighted by atomic mass is 16.4. The Morgan fingerprint density at radius 3 is 2.46 bits per heavy atom. The van der Waals surface area contributed by atoms with Crippen LogP contribution in [0.25, 0.3) is 11.1 Å². The fourth-order valence-corrected chi connectivity index (χ4v) is 2.98. The van der Waals surface area contributed by atoms with Crippen molar-refractivity contribution in [3.63, 3.8) is 0 Å². The van der Waals surface area contributed by atoms with E-state index in [0.29, 0.717) is 12.0 Å². The summed E-state index contributed by atoms with van der Waals surface area (Å²) in [6.45, 7) is 4.05. The van der Waals surface area contributed by atoms with Crippen molar-refractivity contribution in [2.45, 2.75) is 26.2 Å². The van der Waals surface area contributed by atoms with Gasteiger partial charge in [0.1, 0.15) is 0 Å². The Bertz CT molecular complexity index is 852. The van der Waals surface area contributed by atoms with Gasteiger partial charge in [-0.3, -0.25) is 9.69 Å². The minimum absolute atomic E-state index is 0.213. The van der Waals surface area contributed by atoms with Gasteiger partial charge in [-0.15, -0.1) is 0 Å². The van der Waals surface area contributed by atoms with Crippen LogP contribution in [-0.4, -0.2) is 28.9 Å². The first kappa shape index (κ1) is 19.2. The number of aromatic carboxylic acids is 1. The number of likely N-dealkylation sites (N-methyl/N-ethyl adjacent to an activating group) is 1. The zero-order chi connectivity index (χ0) is 19.3. The van der Waals surface area contributed by atoms with Crippen molar-refractivity contribution in [2.75, 3.05) is 7.05 Å². The highest BCUT2D eigenvalue weighted by Gasteiger charge is 2.25. The Morgan fingerprint density at radius 2 is 1.85 bits per heavy atom. The summed E-state index contributed by atoms with van der Waals surface area (Å²) in [7, 11) is 1.46. The first-order valence-corrected chi connectivity index (χ1v) is 8.45. The van der Waals surface area contributed by atoms with Gasteiger partial charge in [0.15, 0.2) is 6.19 Å². The molecule has 5 nitrogen and oxygen atoms in total. The first-order chi connectivity index (χ1) is 12.3. The van der Waals surface area contributed by atoms with Crippen molar-refractivity contribution >= 4 is 11.9 Å². The highest BCUT2D eigenvalue weighted by molar-refractivity contribution is 5.96. The molecule has 2 aromatic rings. The summed E-state index contributed by atoms with van der Waals surface area (Å²) in [4.78, 5) is 25.2. The molecule has 2 rings (SSSR count). The molecule has 0 radical (unpaired) electrons. The van der Waals surface area contributed by atoms with Crippen LogP contribution in [-0.2, 0) is 4.79 Å². The van der Waals surface area contributed by atoms with Crippen LogP contribution < -0.4 is 0 Å². The number of carbonyl (C=O) groups is 2. The molecule has 0 spiro atoms. The van der Waals surface area contributed by atoms with E-state index in [1.807, 2.05) is 44.3 Å². The molecule has 0 aliphatic rings. The van der Waals surface area contributed by atoms with Gasteiger partial charge in [0.05, 0.1) is 11.5 Å². The van der Waals surface area contributed by atoms with Gasteiger partial charge >= 0.3 is 5.97 Å². The zero-order valence-corrected chi connectivity index (χ0v) is 15.1. The third-order valence-corrected chi connectivity index (χ3v) is 4.24. The fourth-order valence-electron chi connectivity index (χ4n) is 2.98. The number of carboxylic acids is 1. The molecule has 0 fully saturated rings. The van der Waals surface area contributed by atoms with Gasteiger partial charge in [0.2, 0.25) is 5.91 Å². The molecule has 0 aromatic heterocycles. The van der Waals surface area contributed by atoms with Gasteiger partial charge in [-0.2, -0.15) is 5.26 Å². The lowest BCUT2D eigenvalue weighted by Gasteiger charge is -2.21. The maximum absolute atomic E-state index is 12.6. The van der Waals surface area contributed by atoms with Crippen LogP contribution in [0.5, 0.6) is 0 Å².